The Labute approximate surface area is 214 Å². The number of hydrogen-bond donors (Lipinski definition) is 1. The van der Waals surface area contributed by atoms with Gasteiger partial charge < -0.3 is 14.4 Å². The number of aromatic nitrogens is 2. The van der Waals surface area contributed by atoms with Crippen LogP contribution in [0.2, 0.25) is 5.02 Å². The van der Waals surface area contributed by atoms with E-state index in [-0.39, 0.29) is 11.8 Å². The first kappa shape index (κ1) is 25.0. The van der Waals surface area contributed by atoms with Gasteiger partial charge in [-0.15, -0.1) is 0 Å². The van der Waals surface area contributed by atoms with Crippen molar-refractivity contribution in [3.05, 3.63) is 47.0 Å². The van der Waals surface area contributed by atoms with E-state index in [4.69, 9.17) is 21.3 Å². The maximum atomic E-state index is 14.3. The molecule has 1 heterocycles. The molecule has 36 heavy (non-hydrogen) atoms. The Kier molecular flexibility index (Phi) is 7.47. The first-order valence-electron chi connectivity index (χ1n) is 12.9. The van der Waals surface area contributed by atoms with Crippen molar-refractivity contribution in [3.8, 4) is 17.1 Å². The van der Waals surface area contributed by atoms with Crippen LogP contribution in [0.5, 0.6) is 5.75 Å². The zero-order valence-electron chi connectivity index (χ0n) is 20.2. The molecular formula is C28H31ClF2N2O3. The molecule has 0 atom stereocenters. The third-order valence-electron chi connectivity index (χ3n) is 7.81. The molecule has 0 aliphatic heterocycles. The second-order valence-corrected chi connectivity index (χ2v) is 10.7. The molecule has 5 rings (SSSR count). The van der Waals surface area contributed by atoms with E-state index < -0.39 is 17.6 Å². The molecule has 0 bridgehead atoms. The molecule has 1 N–H and O–H groups in total. The molecular weight excluding hydrogens is 486 g/mol. The predicted molar refractivity (Wildman–Crippen MR) is 135 cm³/mol. The zero-order chi connectivity index (χ0) is 25.2. The van der Waals surface area contributed by atoms with Crippen LogP contribution in [0.25, 0.3) is 22.4 Å². The summed E-state index contributed by atoms with van der Waals surface area (Å²) in [7, 11) is 0. The summed E-state index contributed by atoms with van der Waals surface area (Å²) in [5.41, 5.74) is 1.71. The number of carboxylic acid groups (broad SMARTS) is 1. The normalized spacial score (nSPS) is 21.1. The molecule has 2 aliphatic carbocycles. The number of ether oxygens (including phenoxy) is 1. The highest BCUT2D eigenvalue weighted by atomic mass is 35.5. The Morgan fingerprint density at radius 3 is 2.44 bits per heavy atom. The molecule has 1 aromatic heterocycles. The van der Waals surface area contributed by atoms with Crippen LogP contribution in [0.3, 0.4) is 0 Å². The van der Waals surface area contributed by atoms with Gasteiger partial charge >= 0.3 is 5.97 Å². The monoisotopic (exact) mass is 516 g/mol. The van der Waals surface area contributed by atoms with Crippen molar-refractivity contribution in [2.45, 2.75) is 64.3 Å². The van der Waals surface area contributed by atoms with E-state index in [1.54, 1.807) is 12.1 Å². The number of rotatable bonds is 7. The van der Waals surface area contributed by atoms with Crippen molar-refractivity contribution in [3.63, 3.8) is 0 Å². The highest BCUT2D eigenvalue weighted by Crippen LogP contribution is 2.38. The molecule has 5 nitrogen and oxygen atoms in total. The van der Waals surface area contributed by atoms with Gasteiger partial charge in [0.2, 0.25) is 0 Å². The number of halogens is 3. The lowest BCUT2D eigenvalue weighted by atomic mass is 9.82. The van der Waals surface area contributed by atoms with Gasteiger partial charge in [-0.1, -0.05) is 30.9 Å². The second kappa shape index (κ2) is 10.8. The van der Waals surface area contributed by atoms with Crippen molar-refractivity contribution in [2.24, 2.45) is 17.8 Å². The molecule has 0 radical (unpaired) electrons. The summed E-state index contributed by atoms with van der Waals surface area (Å²) < 4.78 is 36.6. The Hall–Kier alpha value is -2.67. The summed E-state index contributed by atoms with van der Waals surface area (Å²) in [6.45, 7) is 1.13. The molecule has 8 heteroatoms. The van der Waals surface area contributed by atoms with Gasteiger partial charge in [0.15, 0.2) is 11.6 Å². The number of imidazole rings is 1. The predicted octanol–water partition coefficient (Wildman–Crippen LogP) is 7.49. The van der Waals surface area contributed by atoms with Crippen LogP contribution in [0.1, 0.15) is 57.8 Å². The van der Waals surface area contributed by atoms with Gasteiger partial charge in [0.1, 0.15) is 11.6 Å². The molecule has 0 spiro atoms. The maximum Gasteiger partial charge on any atom is 0.306 e. The summed E-state index contributed by atoms with van der Waals surface area (Å²) in [6.07, 6.45) is 8.69. The SMILES string of the molecule is O=C(O)C1CCC(COc2cc(Cl)ccc2-c2nc3cc(F)c(F)cc3n2CC2CCCCC2)CC1. The van der Waals surface area contributed by atoms with E-state index >= 15 is 0 Å². The van der Waals surface area contributed by atoms with Crippen molar-refractivity contribution >= 4 is 28.6 Å². The highest BCUT2D eigenvalue weighted by Gasteiger charge is 2.27. The molecule has 3 aromatic rings. The minimum absolute atomic E-state index is 0.261. The van der Waals surface area contributed by atoms with Crippen LogP contribution < -0.4 is 4.74 Å². The fraction of sp³-hybridized carbons (Fsp3) is 0.500. The standard InChI is InChI=1S/C28H31ClF2N2O3/c29-20-10-11-21(26(12-20)36-16-18-6-8-19(9-7-18)28(34)35)27-32-24-13-22(30)23(31)14-25(24)33(27)15-17-4-2-1-3-5-17/h10-14,17-19H,1-9,15-16H2,(H,34,35). The summed E-state index contributed by atoms with van der Waals surface area (Å²) in [5.74, 6) is -0.907. The van der Waals surface area contributed by atoms with Crippen LogP contribution in [0.4, 0.5) is 8.78 Å². The first-order valence-corrected chi connectivity index (χ1v) is 13.3. The van der Waals surface area contributed by atoms with E-state index in [1.807, 2.05) is 10.6 Å². The topological polar surface area (TPSA) is 64.3 Å². The van der Waals surface area contributed by atoms with Gasteiger partial charge in [-0.2, -0.15) is 0 Å². The van der Waals surface area contributed by atoms with Crippen LogP contribution in [0.15, 0.2) is 30.3 Å². The van der Waals surface area contributed by atoms with Gasteiger partial charge in [-0.25, -0.2) is 13.8 Å². The molecule has 2 aromatic carbocycles. The summed E-state index contributed by atoms with van der Waals surface area (Å²) in [5, 5.41) is 9.78. The lowest BCUT2D eigenvalue weighted by molar-refractivity contribution is -0.143. The van der Waals surface area contributed by atoms with E-state index in [0.29, 0.717) is 59.5 Å². The summed E-state index contributed by atoms with van der Waals surface area (Å²) in [4.78, 5) is 16.0. The molecule has 0 unspecified atom stereocenters. The number of aliphatic carboxylic acids is 1. The largest absolute Gasteiger partial charge is 0.492 e. The van der Waals surface area contributed by atoms with Crippen LogP contribution in [-0.2, 0) is 11.3 Å². The Morgan fingerprint density at radius 1 is 1.00 bits per heavy atom. The second-order valence-electron chi connectivity index (χ2n) is 10.3. The summed E-state index contributed by atoms with van der Waals surface area (Å²) in [6, 6.07) is 7.77. The molecule has 0 saturated heterocycles. The smallest absolute Gasteiger partial charge is 0.306 e. The van der Waals surface area contributed by atoms with Crippen molar-refractivity contribution in [1.82, 2.24) is 9.55 Å². The number of carbonyl (C=O) groups is 1. The quantitative estimate of drug-likeness (QED) is 0.353. The number of hydrogen-bond acceptors (Lipinski definition) is 3. The van der Waals surface area contributed by atoms with E-state index in [2.05, 4.69) is 0 Å². The molecule has 192 valence electrons. The van der Waals surface area contributed by atoms with Gasteiger partial charge in [-0.05, 0) is 68.6 Å². The fourth-order valence-electron chi connectivity index (χ4n) is 5.72. The third-order valence-corrected chi connectivity index (χ3v) is 8.05. The van der Waals surface area contributed by atoms with Gasteiger partial charge in [-0.3, -0.25) is 4.79 Å². The van der Waals surface area contributed by atoms with E-state index in [0.717, 1.165) is 37.3 Å². The van der Waals surface area contributed by atoms with E-state index in [1.165, 1.54) is 25.3 Å². The lowest BCUT2D eigenvalue weighted by Gasteiger charge is -2.26. The zero-order valence-corrected chi connectivity index (χ0v) is 20.9. The number of carboxylic acids is 1. The Balaban J connectivity index is 1.46. The fourth-order valence-corrected chi connectivity index (χ4v) is 5.88. The molecule has 2 saturated carbocycles. The minimum atomic E-state index is -0.916. The third kappa shape index (κ3) is 5.36. The molecule has 0 amide bonds. The maximum absolute atomic E-state index is 14.3. The number of nitrogens with zero attached hydrogens (tertiary/aromatic N) is 2. The Morgan fingerprint density at radius 2 is 1.72 bits per heavy atom. The minimum Gasteiger partial charge on any atom is -0.492 e. The van der Waals surface area contributed by atoms with Gasteiger partial charge in [0.05, 0.1) is 29.1 Å². The number of benzene rings is 2. The van der Waals surface area contributed by atoms with E-state index in [9.17, 15) is 18.7 Å². The summed E-state index contributed by atoms with van der Waals surface area (Å²) >= 11 is 6.32. The Bertz CT molecular complexity index is 1250. The van der Waals surface area contributed by atoms with Crippen LogP contribution in [-0.4, -0.2) is 27.2 Å². The number of fused-ring (bicyclic) bond motifs is 1. The van der Waals surface area contributed by atoms with Crippen LogP contribution in [0, 0.1) is 29.4 Å². The average molecular weight is 517 g/mol. The van der Waals surface area contributed by atoms with Crippen molar-refractivity contribution in [2.75, 3.05) is 6.61 Å². The lowest BCUT2D eigenvalue weighted by Crippen LogP contribution is -2.24. The average Bonchev–Trinajstić information content (AvgIpc) is 3.20. The molecule has 2 aliphatic rings. The van der Waals surface area contributed by atoms with Gasteiger partial charge in [0, 0.05) is 23.7 Å². The molecule has 2 fully saturated rings. The van der Waals surface area contributed by atoms with Crippen LogP contribution >= 0.6 is 11.6 Å². The first-order chi connectivity index (χ1) is 17.4. The highest BCUT2D eigenvalue weighted by molar-refractivity contribution is 6.30. The van der Waals surface area contributed by atoms with Crippen molar-refractivity contribution < 1.29 is 23.4 Å². The van der Waals surface area contributed by atoms with Gasteiger partial charge in [0.25, 0.3) is 0 Å². The van der Waals surface area contributed by atoms with Crippen molar-refractivity contribution in [1.29, 1.82) is 0 Å².